The molecule has 0 amide bonds. The number of alkyl halides is 3. The minimum atomic E-state index is -4.45. The van der Waals surface area contributed by atoms with Gasteiger partial charge in [0.05, 0.1) is 11.9 Å². The van der Waals surface area contributed by atoms with Crippen molar-refractivity contribution < 1.29 is 26.0 Å². The lowest BCUT2D eigenvalue weighted by atomic mass is 9.94. The number of nitrogens with one attached hydrogen (secondary N) is 1. The first kappa shape index (κ1) is 23.4. The van der Waals surface area contributed by atoms with Crippen LogP contribution in [0.15, 0.2) is 66.1 Å². The van der Waals surface area contributed by atoms with E-state index in [1.165, 1.54) is 39.6 Å². The number of hydrogen-bond donors (Lipinski definition) is 1. The third-order valence-electron chi connectivity index (χ3n) is 5.69. The second-order valence-corrected chi connectivity index (χ2v) is 9.93. The van der Waals surface area contributed by atoms with E-state index in [1.807, 2.05) is 0 Å². The van der Waals surface area contributed by atoms with Crippen molar-refractivity contribution in [1.29, 1.82) is 0 Å². The Bertz CT molecular complexity index is 1230. The van der Waals surface area contributed by atoms with E-state index in [1.54, 1.807) is 25.2 Å². The van der Waals surface area contributed by atoms with Crippen molar-refractivity contribution in [2.24, 2.45) is 7.05 Å². The van der Waals surface area contributed by atoms with Crippen LogP contribution >= 0.6 is 0 Å². The smallest absolute Gasteiger partial charge is 0.339 e. The molecule has 0 spiro atoms. The molecule has 2 atom stereocenters. The molecule has 0 bridgehead atoms. The number of halogens is 4. The van der Waals surface area contributed by atoms with Gasteiger partial charge in [0.1, 0.15) is 5.82 Å². The lowest BCUT2D eigenvalue weighted by molar-refractivity contribution is -0.137. The zero-order chi connectivity index (χ0) is 23.8. The van der Waals surface area contributed by atoms with Crippen LogP contribution in [-0.4, -0.2) is 41.4 Å². The number of hydrogen-bond acceptors (Lipinski definition) is 4. The van der Waals surface area contributed by atoms with E-state index >= 15 is 0 Å². The summed E-state index contributed by atoms with van der Waals surface area (Å²) in [6.45, 7) is 0.342. The van der Waals surface area contributed by atoms with Crippen LogP contribution in [0.3, 0.4) is 0 Å². The number of aryl methyl sites for hydroxylation is 1. The molecule has 6 nitrogen and oxygen atoms in total. The highest BCUT2D eigenvalue weighted by molar-refractivity contribution is 7.89. The molecule has 1 saturated heterocycles. The quantitative estimate of drug-likeness (QED) is 0.546. The zero-order valence-corrected chi connectivity index (χ0v) is 18.4. The predicted molar refractivity (Wildman–Crippen MR) is 113 cm³/mol. The van der Waals surface area contributed by atoms with E-state index in [2.05, 4.69) is 10.3 Å². The highest BCUT2D eigenvalue weighted by Gasteiger charge is 2.40. The standard InChI is InChI=1S/C22H22F4N4O2S/c1-29-13-21(28-14-29)33(31,32)30-11-19(16-5-7-18(23)8-6-16)20(12-30)27-10-15-3-2-4-17(9-15)22(24,25)26/h2-9,13-14,19-20,27H,10-12H2,1H3. The molecule has 11 heteroatoms. The van der Waals surface area contributed by atoms with Crippen LogP contribution in [0.5, 0.6) is 0 Å². The minimum absolute atomic E-state index is 0.0821. The Morgan fingerprint density at radius 2 is 1.85 bits per heavy atom. The van der Waals surface area contributed by atoms with Crippen LogP contribution in [0.1, 0.15) is 22.6 Å². The number of nitrogens with zero attached hydrogens (tertiary/aromatic N) is 3. The molecular weight excluding hydrogens is 460 g/mol. The molecule has 0 saturated carbocycles. The molecule has 1 aliphatic heterocycles. The molecule has 0 aliphatic carbocycles. The monoisotopic (exact) mass is 482 g/mol. The zero-order valence-electron chi connectivity index (χ0n) is 17.6. The number of aromatic nitrogens is 2. The molecule has 1 fully saturated rings. The topological polar surface area (TPSA) is 67.2 Å². The largest absolute Gasteiger partial charge is 0.416 e. The molecule has 1 aliphatic rings. The van der Waals surface area contributed by atoms with Crippen molar-refractivity contribution in [3.63, 3.8) is 0 Å². The van der Waals surface area contributed by atoms with Crippen molar-refractivity contribution in [2.75, 3.05) is 13.1 Å². The van der Waals surface area contributed by atoms with Crippen molar-refractivity contribution in [2.45, 2.75) is 29.7 Å². The molecule has 4 rings (SSSR count). The van der Waals surface area contributed by atoms with Crippen molar-refractivity contribution >= 4 is 10.0 Å². The third kappa shape index (κ3) is 5.10. The fraction of sp³-hybridized carbons (Fsp3) is 0.318. The molecule has 1 N–H and O–H groups in total. The molecule has 2 heterocycles. The van der Waals surface area contributed by atoms with E-state index in [4.69, 9.17) is 0 Å². The summed E-state index contributed by atoms with van der Waals surface area (Å²) in [5.41, 5.74) is 0.410. The summed E-state index contributed by atoms with van der Waals surface area (Å²) in [6.07, 6.45) is -1.65. The highest BCUT2D eigenvalue weighted by atomic mass is 32.2. The SMILES string of the molecule is Cn1cnc(S(=O)(=O)N2CC(NCc3cccc(C(F)(F)F)c3)C(c3ccc(F)cc3)C2)c1. The number of imidazole rings is 1. The maximum absolute atomic E-state index is 13.4. The molecule has 33 heavy (non-hydrogen) atoms. The van der Waals surface area contributed by atoms with Gasteiger partial charge in [0.15, 0.2) is 5.03 Å². The Balaban J connectivity index is 1.58. The Morgan fingerprint density at radius 3 is 2.48 bits per heavy atom. The van der Waals surface area contributed by atoms with Crippen molar-refractivity contribution in [3.05, 3.63) is 83.6 Å². The maximum Gasteiger partial charge on any atom is 0.416 e. The highest BCUT2D eigenvalue weighted by Crippen LogP contribution is 2.32. The summed E-state index contributed by atoms with van der Waals surface area (Å²) < 4.78 is 81.6. The summed E-state index contributed by atoms with van der Waals surface area (Å²) in [7, 11) is -2.21. The number of benzene rings is 2. The molecule has 3 aromatic rings. The predicted octanol–water partition coefficient (Wildman–Crippen LogP) is 3.52. The third-order valence-corrected chi connectivity index (χ3v) is 7.41. The van der Waals surface area contributed by atoms with E-state index < -0.39 is 33.6 Å². The first-order chi connectivity index (χ1) is 15.5. The summed E-state index contributed by atoms with van der Waals surface area (Å²) in [6, 6.07) is 10.4. The molecule has 1 aromatic heterocycles. The average Bonchev–Trinajstić information content (AvgIpc) is 3.40. The van der Waals surface area contributed by atoms with Crippen molar-refractivity contribution in [1.82, 2.24) is 19.2 Å². The molecule has 2 aromatic carbocycles. The van der Waals surface area contributed by atoms with E-state index in [0.717, 1.165) is 17.7 Å². The Kier molecular flexibility index (Phi) is 6.30. The molecule has 176 valence electrons. The molecular formula is C22H22F4N4O2S. The Hall–Kier alpha value is -2.76. The van der Waals surface area contributed by atoms with Crippen LogP contribution in [0.4, 0.5) is 17.6 Å². The van der Waals surface area contributed by atoms with Gasteiger partial charge in [-0.15, -0.1) is 0 Å². The van der Waals surface area contributed by atoms with Gasteiger partial charge in [0.2, 0.25) is 0 Å². The minimum Gasteiger partial charge on any atom is -0.339 e. The Labute approximate surface area is 188 Å². The molecule has 2 unspecified atom stereocenters. The van der Waals surface area contributed by atoms with Gasteiger partial charge in [-0.3, -0.25) is 0 Å². The fourth-order valence-corrected chi connectivity index (χ4v) is 5.44. The summed E-state index contributed by atoms with van der Waals surface area (Å²) in [5, 5.41) is 3.12. The summed E-state index contributed by atoms with van der Waals surface area (Å²) >= 11 is 0. The number of sulfonamides is 1. The first-order valence-electron chi connectivity index (χ1n) is 10.2. The van der Waals surface area contributed by atoms with Crippen LogP contribution < -0.4 is 5.32 Å². The van der Waals surface area contributed by atoms with Crippen LogP contribution in [0.2, 0.25) is 0 Å². The number of rotatable bonds is 6. The van der Waals surface area contributed by atoms with Crippen molar-refractivity contribution in [3.8, 4) is 0 Å². The Morgan fingerprint density at radius 1 is 1.12 bits per heavy atom. The molecule has 0 radical (unpaired) electrons. The van der Waals surface area contributed by atoms with Gasteiger partial charge >= 0.3 is 6.18 Å². The van der Waals surface area contributed by atoms with Gasteiger partial charge in [0, 0.05) is 44.8 Å². The van der Waals surface area contributed by atoms with Gasteiger partial charge in [-0.25, -0.2) is 17.8 Å². The first-order valence-corrected chi connectivity index (χ1v) is 11.6. The van der Waals surface area contributed by atoms with E-state index in [9.17, 15) is 26.0 Å². The van der Waals surface area contributed by atoms with Crippen LogP contribution in [0.25, 0.3) is 0 Å². The van der Waals surface area contributed by atoms with Crippen LogP contribution in [0, 0.1) is 5.82 Å². The van der Waals surface area contributed by atoms with Crippen LogP contribution in [-0.2, 0) is 29.8 Å². The van der Waals surface area contributed by atoms with E-state index in [0.29, 0.717) is 5.56 Å². The van der Waals surface area contributed by atoms with Gasteiger partial charge in [-0.1, -0.05) is 30.3 Å². The summed E-state index contributed by atoms with van der Waals surface area (Å²) in [5.74, 6) is -0.738. The van der Waals surface area contributed by atoms with Gasteiger partial charge in [-0.2, -0.15) is 17.5 Å². The lowest BCUT2D eigenvalue weighted by Crippen LogP contribution is -2.36. The second kappa shape index (κ2) is 8.88. The van der Waals surface area contributed by atoms with Gasteiger partial charge in [0.25, 0.3) is 10.0 Å². The van der Waals surface area contributed by atoms with E-state index in [-0.39, 0.29) is 30.6 Å². The summed E-state index contributed by atoms with van der Waals surface area (Å²) in [4.78, 5) is 3.95. The average molecular weight is 483 g/mol. The van der Waals surface area contributed by atoms with Gasteiger partial charge in [-0.05, 0) is 29.3 Å². The van der Waals surface area contributed by atoms with Gasteiger partial charge < -0.3 is 9.88 Å². The fourth-order valence-electron chi connectivity index (χ4n) is 3.98. The second-order valence-electron chi connectivity index (χ2n) is 8.04. The lowest BCUT2D eigenvalue weighted by Gasteiger charge is -2.20. The maximum atomic E-state index is 13.4. The normalized spacial score (nSPS) is 19.8.